The van der Waals surface area contributed by atoms with Crippen molar-refractivity contribution in [2.45, 2.75) is 16.0 Å². The standard InChI is InChI=1S/C24H17F3N2O5S2/c25-24(26,27)19-12-14-20(15-13-19)36(32,33)34-22-10-4-2-7-18(22)16-28-29-35(30,31)23-11-5-8-17-6-1-3-9-21(17)23/h1-16,29H/b28-16+. The van der Waals surface area contributed by atoms with Crippen molar-refractivity contribution in [3.63, 3.8) is 0 Å². The van der Waals surface area contributed by atoms with E-state index in [2.05, 4.69) is 9.93 Å². The van der Waals surface area contributed by atoms with E-state index < -0.39 is 36.8 Å². The highest BCUT2D eigenvalue weighted by Crippen LogP contribution is 2.30. The Bertz CT molecular complexity index is 1650. The van der Waals surface area contributed by atoms with Crippen molar-refractivity contribution in [1.82, 2.24) is 4.83 Å². The summed E-state index contributed by atoms with van der Waals surface area (Å²) in [6, 6.07) is 20.2. The van der Waals surface area contributed by atoms with Gasteiger partial charge in [0.25, 0.3) is 10.0 Å². The molecule has 0 heterocycles. The van der Waals surface area contributed by atoms with E-state index >= 15 is 0 Å². The van der Waals surface area contributed by atoms with Crippen molar-refractivity contribution < 1.29 is 34.2 Å². The van der Waals surface area contributed by atoms with E-state index in [4.69, 9.17) is 4.18 Å². The zero-order valence-corrected chi connectivity index (χ0v) is 19.8. The number of hydrogen-bond donors (Lipinski definition) is 1. The lowest BCUT2D eigenvalue weighted by molar-refractivity contribution is -0.137. The monoisotopic (exact) mass is 534 g/mol. The summed E-state index contributed by atoms with van der Waals surface area (Å²) in [5.41, 5.74) is -0.902. The van der Waals surface area contributed by atoms with E-state index in [0.29, 0.717) is 17.5 Å². The van der Waals surface area contributed by atoms with Gasteiger partial charge in [-0.15, -0.1) is 0 Å². The zero-order valence-electron chi connectivity index (χ0n) is 18.2. The summed E-state index contributed by atoms with van der Waals surface area (Å²) in [4.78, 5) is 1.61. The molecule has 0 spiro atoms. The molecule has 0 saturated heterocycles. The molecule has 0 aliphatic carbocycles. The Morgan fingerprint density at radius 2 is 1.42 bits per heavy atom. The number of benzene rings is 4. The largest absolute Gasteiger partial charge is 0.416 e. The molecule has 0 aliphatic rings. The quantitative estimate of drug-likeness (QED) is 0.206. The third kappa shape index (κ3) is 5.50. The van der Waals surface area contributed by atoms with E-state index in [9.17, 15) is 30.0 Å². The summed E-state index contributed by atoms with van der Waals surface area (Å²) < 4.78 is 94.2. The van der Waals surface area contributed by atoms with Crippen LogP contribution in [0.1, 0.15) is 11.1 Å². The SMILES string of the molecule is O=S(=O)(N/N=C/c1ccccc1OS(=O)(=O)c1ccc(C(F)(F)F)cc1)c1cccc2ccccc12. The average molecular weight is 535 g/mol. The van der Waals surface area contributed by atoms with Crippen LogP contribution >= 0.6 is 0 Å². The molecule has 0 radical (unpaired) electrons. The van der Waals surface area contributed by atoms with Crippen LogP contribution in [0.2, 0.25) is 0 Å². The Kier molecular flexibility index (Phi) is 6.74. The molecule has 0 aliphatic heterocycles. The maximum Gasteiger partial charge on any atom is 0.416 e. The van der Waals surface area contributed by atoms with Gasteiger partial charge < -0.3 is 4.18 Å². The van der Waals surface area contributed by atoms with Gasteiger partial charge >= 0.3 is 16.3 Å². The lowest BCUT2D eigenvalue weighted by atomic mass is 10.1. The predicted octanol–water partition coefficient (Wildman–Crippen LogP) is 4.94. The maximum absolute atomic E-state index is 12.8. The molecule has 0 bridgehead atoms. The van der Waals surface area contributed by atoms with Crippen molar-refractivity contribution in [2.75, 3.05) is 0 Å². The van der Waals surface area contributed by atoms with Crippen LogP contribution in [0, 0.1) is 0 Å². The minimum Gasteiger partial charge on any atom is -0.378 e. The van der Waals surface area contributed by atoms with E-state index in [0.717, 1.165) is 23.7 Å². The molecule has 0 unspecified atom stereocenters. The minimum atomic E-state index is -4.62. The van der Waals surface area contributed by atoms with Crippen LogP contribution < -0.4 is 9.01 Å². The normalized spacial score (nSPS) is 12.6. The predicted molar refractivity (Wildman–Crippen MR) is 128 cm³/mol. The topological polar surface area (TPSA) is 102 Å². The first kappa shape index (κ1) is 25.2. The number of hydrogen-bond acceptors (Lipinski definition) is 6. The van der Waals surface area contributed by atoms with E-state index in [1.54, 1.807) is 36.4 Å². The van der Waals surface area contributed by atoms with Crippen molar-refractivity contribution in [1.29, 1.82) is 0 Å². The summed E-state index contributed by atoms with van der Waals surface area (Å²) in [6.45, 7) is 0. The van der Waals surface area contributed by atoms with Crippen LogP contribution in [0.25, 0.3) is 10.8 Å². The lowest BCUT2D eigenvalue weighted by Gasteiger charge is -2.11. The average Bonchev–Trinajstić information content (AvgIpc) is 2.84. The van der Waals surface area contributed by atoms with Crippen LogP contribution in [-0.4, -0.2) is 23.1 Å². The molecule has 0 atom stereocenters. The number of rotatable bonds is 7. The first-order valence-electron chi connectivity index (χ1n) is 10.2. The number of hydrazone groups is 1. The number of halogens is 3. The third-order valence-electron chi connectivity index (χ3n) is 5.00. The fraction of sp³-hybridized carbons (Fsp3) is 0.0417. The molecular weight excluding hydrogens is 517 g/mol. The van der Waals surface area contributed by atoms with Gasteiger partial charge in [-0.05, 0) is 47.9 Å². The van der Waals surface area contributed by atoms with Crippen LogP contribution in [0.4, 0.5) is 13.2 Å². The van der Waals surface area contributed by atoms with Gasteiger partial charge in [0.1, 0.15) is 4.90 Å². The molecular formula is C24H17F3N2O5S2. The van der Waals surface area contributed by atoms with Gasteiger partial charge in [0.2, 0.25) is 0 Å². The Morgan fingerprint density at radius 1 is 0.778 bits per heavy atom. The summed E-state index contributed by atoms with van der Waals surface area (Å²) in [6.07, 6.45) is -3.56. The first-order chi connectivity index (χ1) is 17.0. The Morgan fingerprint density at radius 3 is 2.14 bits per heavy atom. The van der Waals surface area contributed by atoms with Crippen molar-refractivity contribution in [3.05, 3.63) is 102 Å². The zero-order chi connectivity index (χ0) is 26.0. The molecule has 12 heteroatoms. The molecule has 0 saturated carbocycles. The fourth-order valence-corrected chi connectivity index (χ4v) is 5.26. The highest BCUT2D eigenvalue weighted by Gasteiger charge is 2.31. The van der Waals surface area contributed by atoms with Gasteiger partial charge in [0, 0.05) is 10.9 Å². The molecule has 1 N–H and O–H groups in total. The molecule has 0 aromatic heterocycles. The smallest absolute Gasteiger partial charge is 0.378 e. The van der Waals surface area contributed by atoms with E-state index in [-0.39, 0.29) is 16.2 Å². The number of alkyl halides is 3. The van der Waals surface area contributed by atoms with Crippen molar-refractivity contribution in [2.24, 2.45) is 5.10 Å². The highest BCUT2D eigenvalue weighted by molar-refractivity contribution is 7.89. The van der Waals surface area contributed by atoms with E-state index in [1.165, 1.54) is 30.3 Å². The minimum absolute atomic E-state index is 0.00664. The molecule has 0 fully saturated rings. The first-order valence-corrected chi connectivity index (χ1v) is 13.1. The van der Waals surface area contributed by atoms with Crippen LogP contribution in [0.5, 0.6) is 5.75 Å². The Hall–Kier alpha value is -3.90. The van der Waals surface area contributed by atoms with Crippen molar-refractivity contribution >= 4 is 37.1 Å². The molecule has 0 amide bonds. The molecule has 4 rings (SSSR count). The molecule has 36 heavy (non-hydrogen) atoms. The number of para-hydroxylation sites is 1. The second-order valence-corrected chi connectivity index (χ2v) is 10.6. The highest BCUT2D eigenvalue weighted by atomic mass is 32.2. The number of fused-ring (bicyclic) bond motifs is 1. The van der Waals surface area contributed by atoms with Gasteiger partial charge in [-0.1, -0.05) is 48.5 Å². The van der Waals surface area contributed by atoms with Crippen LogP contribution in [0.3, 0.4) is 0 Å². The molecule has 7 nitrogen and oxygen atoms in total. The summed E-state index contributed by atoms with van der Waals surface area (Å²) in [7, 11) is -8.55. The van der Waals surface area contributed by atoms with Crippen LogP contribution in [-0.2, 0) is 26.3 Å². The van der Waals surface area contributed by atoms with Crippen LogP contribution in [0.15, 0.2) is 106 Å². The number of sulfonamides is 1. The van der Waals surface area contributed by atoms with Crippen molar-refractivity contribution in [3.8, 4) is 5.75 Å². The van der Waals surface area contributed by atoms with E-state index in [1.807, 2.05) is 0 Å². The maximum atomic E-state index is 12.8. The van der Waals surface area contributed by atoms with Gasteiger partial charge in [0.05, 0.1) is 16.7 Å². The van der Waals surface area contributed by atoms with Gasteiger partial charge in [-0.25, -0.2) is 4.83 Å². The molecule has 4 aromatic rings. The molecule has 186 valence electrons. The molecule has 4 aromatic carbocycles. The summed E-state index contributed by atoms with van der Waals surface area (Å²) >= 11 is 0. The van der Waals surface area contributed by atoms with Gasteiger partial charge in [-0.2, -0.15) is 35.1 Å². The fourth-order valence-electron chi connectivity index (χ4n) is 3.28. The Labute approximate surface area is 205 Å². The summed E-state index contributed by atoms with van der Waals surface area (Å²) in [5, 5.41) is 4.95. The van der Waals surface area contributed by atoms with Gasteiger partial charge in [0.15, 0.2) is 5.75 Å². The summed E-state index contributed by atoms with van der Waals surface area (Å²) in [5.74, 6) is -0.203. The second-order valence-electron chi connectivity index (χ2n) is 7.43. The lowest BCUT2D eigenvalue weighted by Crippen LogP contribution is -2.19. The number of nitrogens with one attached hydrogen (secondary N) is 1. The Balaban J connectivity index is 1.56. The number of nitrogens with zero attached hydrogens (tertiary/aromatic N) is 1. The van der Waals surface area contributed by atoms with Gasteiger partial charge in [-0.3, -0.25) is 0 Å². The second kappa shape index (κ2) is 9.63. The third-order valence-corrected chi connectivity index (χ3v) is 7.53.